The minimum absolute atomic E-state index is 0.0146. The number of amides is 1. The number of carboxylic acids is 2. The fourth-order valence-electron chi connectivity index (χ4n) is 3.47. The number of hydrogen-bond acceptors (Lipinski definition) is 9. The average Bonchev–Trinajstić information content (AvgIpc) is 2.88. The summed E-state index contributed by atoms with van der Waals surface area (Å²) in [4.78, 5) is 58.1. The maximum atomic E-state index is 13.3. The van der Waals surface area contributed by atoms with Crippen LogP contribution in [0.15, 0.2) is 64.4 Å². The maximum Gasteiger partial charge on any atom is 0.336 e. The van der Waals surface area contributed by atoms with Crippen LogP contribution in [0.4, 0.5) is 11.4 Å². The molecule has 1 amide bonds. The van der Waals surface area contributed by atoms with E-state index in [0.29, 0.717) is 5.69 Å². The molecule has 13 heteroatoms. The summed E-state index contributed by atoms with van der Waals surface area (Å²) in [5, 5.41) is 24.0. The molecule has 0 atom stereocenters. The lowest BCUT2D eigenvalue weighted by Crippen LogP contribution is -2.18. The number of ether oxygens (including phenoxy) is 1. The molecular weight excluding hydrogens is 520 g/mol. The van der Waals surface area contributed by atoms with E-state index in [-0.39, 0.29) is 33.9 Å². The fourth-order valence-corrected chi connectivity index (χ4v) is 4.79. The largest absolute Gasteiger partial charge is 0.478 e. The van der Waals surface area contributed by atoms with Crippen LogP contribution < -0.4 is 15.4 Å². The van der Waals surface area contributed by atoms with Gasteiger partial charge >= 0.3 is 11.9 Å². The van der Waals surface area contributed by atoms with Crippen molar-refractivity contribution in [1.82, 2.24) is 0 Å². The Balaban J connectivity index is 2.09. The number of ketones is 1. The first-order valence-electron chi connectivity index (χ1n) is 10.6. The molecule has 0 spiro atoms. The van der Waals surface area contributed by atoms with Crippen molar-refractivity contribution in [1.29, 1.82) is 0 Å². The van der Waals surface area contributed by atoms with Gasteiger partial charge in [0, 0.05) is 18.4 Å². The first-order chi connectivity index (χ1) is 17.9. The van der Waals surface area contributed by atoms with Gasteiger partial charge in [0.25, 0.3) is 12.4 Å². The minimum atomic E-state index is -4.38. The summed E-state index contributed by atoms with van der Waals surface area (Å²) in [6.07, 6.45) is 0. The van der Waals surface area contributed by atoms with E-state index in [0.717, 1.165) is 49.4 Å². The lowest BCUT2D eigenvalue weighted by Gasteiger charge is -2.13. The Morgan fingerprint density at radius 1 is 0.816 bits per heavy atom. The normalized spacial score (nSPS) is 10.8. The fraction of sp³-hybridized carbons (Fsp3) is 0.0800. The van der Waals surface area contributed by atoms with Crippen molar-refractivity contribution < 1.29 is 47.3 Å². The van der Waals surface area contributed by atoms with E-state index in [1.54, 1.807) is 0 Å². The molecule has 0 aromatic heterocycles. The topological polar surface area (TPSA) is 193 Å². The molecule has 3 aromatic carbocycles. The Morgan fingerprint density at radius 3 is 1.97 bits per heavy atom. The molecule has 196 valence electrons. The van der Waals surface area contributed by atoms with Gasteiger partial charge in [-0.25, -0.2) is 18.0 Å². The Kier molecular flexibility index (Phi) is 7.92. The highest BCUT2D eigenvalue weighted by Gasteiger charge is 2.25. The van der Waals surface area contributed by atoms with E-state index in [1.807, 2.05) is 0 Å². The lowest BCUT2D eigenvalue weighted by atomic mass is 10.1. The van der Waals surface area contributed by atoms with Gasteiger partial charge in [0.15, 0.2) is 5.78 Å². The summed E-state index contributed by atoms with van der Waals surface area (Å²) in [6, 6.07) is 9.85. The number of anilines is 2. The molecule has 0 unspecified atom stereocenters. The van der Waals surface area contributed by atoms with Crippen molar-refractivity contribution in [3.63, 3.8) is 0 Å². The van der Waals surface area contributed by atoms with E-state index in [4.69, 9.17) is 4.74 Å². The third kappa shape index (κ3) is 5.68. The highest BCUT2D eigenvalue weighted by Crippen LogP contribution is 2.29. The summed E-state index contributed by atoms with van der Waals surface area (Å²) in [5.41, 5.74) is -1.01. The SMILES string of the molecule is CNc1cc(NC(=O)c2cc(S(=O)(=O)c3ccc(OC=O)c(C(C)=O)c3)ccc2C(=O)O)cc(C(=O)O)c1. The van der Waals surface area contributed by atoms with Crippen molar-refractivity contribution in [2.24, 2.45) is 0 Å². The smallest absolute Gasteiger partial charge is 0.336 e. The second kappa shape index (κ2) is 10.9. The molecule has 0 bridgehead atoms. The number of benzene rings is 3. The quantitative estimate of drug-likeness (QED) is 0.218. The van der Waals surface area contributed by atoms with E-state index < -0.39 is 49.5 Å². The molecule has 0 radical (unpaired) electrons. The van der Waals surface area contributed by atoms with E-state index in [1.165, 1.54) is 19.2 Å². The maximum absolute atomic E-state index is 13.3. The molecule has 0 saturated heterocycles. The van der Waals surface area contributed by atoms with Crippen LogP contribution in [0.25, 0.3) is 0 Å². The molecule has 12 nitrogen and oxygen atoms in total. The van der Waals surface area contributed by atoms with Crippen molar-refractivity contribution >= 4 is 51.3 Å². The van der Waals surface area contributed by atoms with Gasteiger partial charge in [-0.3, -0.25) is 14.4 Å². The highest BCUT2D eigenvalue weighted by atomic mass is 32.2. The van der Waals surface area contributed by atoms with Gasteiger partial charge in [0.05, 0.1) is 32.0 Å². The monoisotopic (exact) mass is 540 g/mol. The van der Waals surface area contributed by atoms with Crippen LogP contribution in [0, 0.1) is 0 Å². The van der Waals surface area contributed by atoms with Crippen LogP contribution >= 0.6 is 0 Å². The molecular formula is C25H20N2O10S. The van der Waals surface area contributed by atoms with Crippen LogP contribution in [0.1, 0.15) is 48.4 Å². The summed E-state index contributed by atoms with van der Waals surface area (Å²) in [6.45, 7) is 1.23. The number of carboxylic acid groups (broad SMARTS) is 2. The van der Waals surface area contributed by atoms with Crippen LogP contribution in [0.3, 0.4) is 0 Å². The van der Waals surface area contributed by atoms with Gasteiger partial charge in [0.1, 0.15) is 5.75 Å². The number of carbonyl (C=O) groups excluding carboxylic acids is 3. The molecule has 38 heavy (non-hydrogen) atoms. The number of sulfone groups is 1. The van der Waals surface area contributed by atoms with Gasteiger partial charge in [-0.05, 0) is 61.5 Å². The van der Waals surface area contributed by atoms with Crippen LogP contribution in [-0.2, 0) is 14.6 Å². The molecule has 0 aliphatic rings. The molecule has 0 saturated carbocycles. The van der Waals surface area contributed by atoms with Gasteiger partial charge in [-0.15, -0.1) is 0 Å². The summed E-state index contributed by atoms with van der Waals surface area (Å²) in [5.74, 6) is -4.53. The second-order valence-corrected chi connectivity index (χ2v) is 9.70. The molecule has 0 aliphatic carbocycles. The molecule has 0 fully saturated rings. The predicted molar refractivity (Wildman–Crippen MR) is 133 cm³/mol. The number of aromatic carboxylic acids is 2. The van der Waals surface area contributed by atoms with Gasteiger partial charge in [-0.1, -0.05) is 0 Å². The Hall–Kier alpha value is -5.04. The molecule has 4 N–H and O–H groups in total. The van der Waals surface area contributed by atoms with Gasteiger partial charge < -0.3 is 25.6 Å². The lowest BCUT2D eigenvalue weighted by molar-refractivity contribution is -0.120. The Bertz CT molecular complexity index is 1600. The standard InChI is InChI=1S/C25H20N2O10S/c1-13(29)20-10-18(4-6-22(20)37-12-28)38(35,36)17-3-5-19(25(33)34)21(11-17)23(30)27-16-8-14(24(31)32)7-15(9-16)26-2/h3-12,26H,1-2H3,(H,27,30)(H,31,32)(H,33,34). The van der Waals surface area contributed by atoms with E-state index in [9.17, 15) is 42.6 Å². The van der Waals surface area contributed by atoms with Crippen LogP contribution in [0.5, 0.6) is 5.75 Å². The van der Waals surface area contributed by atoms with Crippen molar-refractivity contribution in [2.45, 2.75) is 16.7 Å². The molecule has 3 aromatic rings. The number of rotatable bonds is 10. The van der Waals surface area contributed by atoms with Gasteiger partial charge in [0.2, 0.25) is 9.84 Å². The van der Waals surface area contributed by atoms with Gasteiger partial charge in [-0.2, -0.15) is 0 Å². The van der Waals surface area contributed by atoms with Crippen LogP contribution in [0.2, 0.25) is 0 Å². The Labute approximate surface area is 215 Å². The first kappa shape index (κ1) is 27.5. The van der Waals surface area contributed by atoms with Crippen molar-refractivity contribution in [3.8, 4) is 5.75 Å². The summed E-state index contributed by atoms with van der Waals surface area (Å²) in [7, 11) is -2.86. The zero-order chi connectivity index (χ0) is 28.2. The molecule has 0 heterocycles. The number of hydrogen-bond donors (Lipinski definition) is 4. The Morgan fingerprint density at radius 2 is 1.42 bits per heavy atom. The molecule has 0 aliphatic heterocycles. The summed E-state index contributed by atoms with van der Waals surface area (Å²) < 4.78 is 31.3. The van der Waals surface area contributed by atoms with Crippen molar-refractivity contribution in [3.05, 3.63) is 76.9 Å². The van der Waals surface area contributed by atoms with Crippen molar-refractivity contribution in [2.75, 3.05) is 17.7 Å². The number of Topliss-reactive ketones (excluding diaryl/α,β-unsaturated/α-hetero) is 1. The highest BCUT2D eigenvalue weighted by molar-refractivity contribution is 7.91. The third-order valence-electron chi connectivity index (χ3n) is 5.32. The summed E-state index contributed by atoms with van der Waals surface area (Å²) >= 11 is 0. The van der Waals surface area contributed by atoms with E-state index in [2.05, 4.69) is 10.6 Å². The number of nitrogens with one attached hydrogen (secondary N) is 2. The predicted octanol–water partition coefficient (Wildman–Crippen LogP) is 2.95. The average molecular weight is 541 g/mol. The minimum Gasteiger partial charge on any atom is -0.478 e. The second-order valence-electron chi connectivity index (χ2n) is 7.75. The first-order valence-corrected chi connectivity index (χ1v) is 12.1. The zero-order valence-electron chi connectivity index (χ0n) is 19.8. The number of carbonyl (C=O) groups is 5. The van der Waals surface area contributed by atoms with E-state index >= 15 is 0 Å². The molecule has 3 rings (SSSR count). The zero-order valence-corrected chi connectivity index (χ0v) is 20.7. The van der Waals surface area contributed by atoms with Crippen LogP contribution in [-0.4, -0.2) is 55.8 Å². The third-order valence-corrected chi connectivity index (χ3v) is 7.07.